The number of carbonyl (C=O) groups excluding carboxylic acids is 1. The lowest BCUT2D eigenvalue weighted by atomic mass is 9.98. The van der Waals surface area contributed by atoms with Crippen molar-refractivity contribution in [2.45, 2.75) is 64.8 Å². The van der Waals surface area contributed by atoms with E-state index >= 15 is 0 Å². The van der Waals surface area contributed by atoms with E-state index in [9.17, 15) is 4.79 Å². The molecule has 0 aromatic rings. The molecule has 1 saturated heterocycles. The van der Waals surface area contributed by atoms with Crippen molar-refractivity contribution in [3.63, 3.8) is 0 Å². The largest absolute Gasteiger partial charge is 0.409 e. The zero-order chi connectivity index (χ0) is 14.3. The summed E-state index contributed by atoms with van der Waals surface area (Å²) in [6, 6.07) is 0.306. The van der Waals surface area contributed by atoms with Crippen LogP contribution in [0.1, 0.15) is 58.8 Å². The van der Waals surface area contributed by atoms with Crippen LogP contribution in [-0.4, -0.2) is 34.4 Å². The van der Waals surface area contributed by atoms with Gasteiger partial charge in [-0.1, -0.05) is 38.3 Å². The molecule has 1 aliphatic heterocycles. The summed E-state index contributed by atoms with van der Waals surface area (Å²) in [6.07, 6.45) is 6.95. The van der Waals surface area contributed by atoms with E-state index in [1.807, 2.05) is 11.8 Å². The lowest BCUT2D eigenvalue weighted by molar-refractivity contribution is -0.136. The van der Waals surface area contributed by atoms with Gasteiger partial charge in [0.05, 0.1) is 5.92 Å². The van der Waals surface area contributed by atoms with Crippen LogP contribution in [0.5, 0.6) is 0 Å². The molecule has 19 heavy (non-hydrogen) atoms. The average molecular weight is 269 g/mol. The Morgan fingerprint density at radius 3 is 2.74 bits per heavy atom. The van der Waals surface area contributed by atoms with E-state index in [1.54, 1.807) is 0 Å². The molecule has 5 nitrogen and oxygen atoms in total. The monoisotopic (exact) mass is 269 g/mol. The Kier molecular flexibility index (Phi) is 6.67. The summed E-state index contributed by atoms with van der Waals surface area (Å²) in [5.41, 5.74) is 5.69. The molecule has 1 fully saturated rings. The predicted molar refractivity (Wildman–Crippen MR) is 76.1 cm³/mol. The van der Waals surface area contributed by atoms with E-state index in [2.05, 4.69) is 12.1 Å². The molecule has 110 valence electrons. The highest BCUT2D eigenvalue weighted by atomic mass is 16.4. The lowest BCUT2D eigenvalue weighted by Crippen LogP contribution is -2.46. The van der Waals surface area contributed by atoms with Crippen LogP contribution in [0.25, 0.3) is 0 Å². The fraction of sp³-hybridized carbons (Fsp3) is 0.857. The van der Waals surface area contributed by atoms with Gasteiger partial charge in [0.15, 0.2) is 5.84 Å². The molecule has 0 radical (unpaired) electrons. The zero-order valence-electron chi connectivity index (χ0n) is 12.1. The molecule has 5 heteroatoms. The number of carbonyl (C=O) groups is 1. The van der Waals surface area contributed by atoms with Crippen molar-refractivity contribution < 1.29 is 10.0 Å². The first-order chi connectivity index (χ1) is 9.15. The SMILES string of the molecule is CCCC(C(=O)N1CCCCCC1CC)C(N)=NO. The molecule has 1 heterocycles. The highest BCUT2D eigenvalue weighted by molar-refractivity contribution is 6.02. The van der Waals surface area contributed by atoms with Crippen molar-refractivity contribution in [3.8, 4) is 0 Å². The Morgan fingerprint density at radius 1 is 1.42 bits per heavy atom. The van der Waals surface area contributed by atoms with Crippen molar-refractivity contribution in [2.24, 2.45) is 16.8 Å². The number of oxime groups is 1. The standard InChI is InChI=1S/C14H27N3O2/c1-3-8-12(13(15)16-19)14(18)17-10-7-5-6-9-11(17)4-2/h11-12,19H,3-10H2,1-2H3,(H2,15,16). The average Bonchev–Trinajstić information content (AvgIpc) is 2.68. The molecule has 1 rings (SSSR count). The first-order valence-electron chi connectivity index (χ1n) is 7.43. The third kappa shape index (κ3) is 4.11. The molecule has 2 atom stereocenters. The van der Waals surface area contributed by atoms with Crippen LogP contribution in [0.2, 0.25) is 0 Å². The molecular weight excluding hydrogens is 242 g/mol. The fourth-order valence-electron chi connectivity index (χ4n) is 2.85. The summed E-state index contributed by atoms with van der Waals surface area (Å²) < 4.78 is 0. The Morgan fingerprint density at radius 2 is 2.16 bits per heavy atom. The van der Waals surface area contributed by atoms with Gasteiger partial charge in [-0.05, 0) is 25.7 Å². The predicted octanol–water partition coefficient (Wildman–Crippen LogP) is 2.33. The zero-order valence-corrected chi connectivity index (χ0v) is 12.1. The Labute approximate surface area is 115 Å². The molecule has 0 aliphatic carbocycles. The molecule has 0 saturated carbocycles. The minimum Gasteiger partial charge on any atom is -0.409 e. The van der Waals surface area contributed by atoms with E-state index < -0.39 is 5.92 Å². The van der Waals surface area contributed by atoms with Gasteiger partial charge in [-0.15, -0.1) is 0 Å². The minimum absolute atomic E-state index is 0.0332. The quantitative estimate of drug-likeness (QED) is 0.348. The first kappa shape index (κ1) is 15.8. The van der Waals surface area contributed by atoms with Crippen molar-refractivity contribution in [1.29, 1.82) is 0 Å². The van der Waals surface area contributed by atoms with Gasteiger partial charge in [0.2, 0.25) is 5.91 Å². The number of hydrogen-bond acceptors (Lipinski definition) is 3. The third-order valence-electron chi connectivity index (χ3n) is 3.98. The Hall–Kier alpha value is -1.26. The number of nitrogens with zero attached hydrogens (tertiary/aromatic N) is 2. The lowest BCUT2D eigenvalue weighted by Gasteiger charge is -2.32. The van der Waals surface area contributed by atoms with E-state index in [1.165, 1.54) is 12.8 Å². The van der Waals surface area contributed by atoms with Gasteiger partial charge < -0.3 is 15.8 Å². The Balaban J connectivity index is 2.85. The van der Waals surface area contributed by atoms with Gasteiger partial charge in [-0.25, -0.2) is 0 Å². The van der Waals surface area contributed by atoms with Gasteiger partial charge in [-0.3, -0.25) is 4.79 Å². The molecule has 0 spiro atoms. The molecule has 1 aliphatic rings. The fourth-order valence-corrected chi connectivity index (χ4v) is 2.85. The molecule has 0 aromatic carbocycles. The van der Waals surface area contributed by atoms with Gasteiger partial charge >= 0.3 is 0 Å². The van der Waals surface area contributed by atoms with Crippen LogP contribution < -0.4 is 5.73 Å². The van der Waals surface area contributed by atoms with Gasteiger partial charge in [0, 0.05) is 12.6 Å². The van der Waals surface area contributed by atoms with Crippen LogP contribution in [-0.2, 0) is 4.79 Å². The molecular formula is C14H27N3O2. The molecule has 3 N–H and O–H groups in total. The van der Waals surface area contributed by atoms with Crippen molar-refractivity contribution in [2.75, 3.05) is 6.54 Å². The van der Waals surface area contributed by atoms with Crippen molar-refractivity contribution in [1.82, 2.24) is 4.90 Å². The van der Waals surface area contributed by atoms with E-state index in [0.717, 1.165) is 32.2 Å². The topological polar surface area (TPSA) is 78.9 Å². The highest BCUT2D eigenvalue weighted by Crippen LogP contribution is 2.22. The maximum absolute atomic E-state index is 12.7. The van der Waals surface area contributed by atoms with Gasteiger partial charge in [0.1, 0.15) is 0 Å². The van der Waals surface area contributed by atoms with Crippen molar-refractivity contribution in [3.05, 3.63) is 0 Å². The maximum atomic E-state index is 12.7. The van der Waals surface area contributed by atoms with Crippen molar-refractivity contribution >= 4 is 11.7 Å². The maximum Gasteiger partial charge on any atom is 0.233 e. The number of amidine groups is 1. The second-order valence-electron chi connectivity index (χ2n) is 5.31. The van der Waals surface area contributed by atoms with Crippen LogP contribution in [0.15, 0.2) is 5.16 Å². The first-order valence-corrected chi connectivity index (χ1v) is 7.43. The molecule has 1 amide bonds. The second-order valence-corrected chi connectivity index (χ2v) is 5.31. The Bertz CT molecular complexity index is 318. The highest BCUT2D eigenvalue weighted by Gasteiger charge is 2.31. The van der Waals surface area contributed by atoms with Crippen LogP contribution in [0.3, 0.4) is 0 Å². The van der Waals surface area contributed by atoms with E-state index in [4.69, 9.17) is 10.9 Å². The third-order valence-corrected chi connectivity index (χ3v) is 3.98. The second kappa shape index (κ2) is 8.02. The van der Waals surface area contributed by atoms with E-state index in [0.29, 0.717) is 12.5 Å². The molecule has 2 unspecified atom stereocenters. The summed E-state index contributed by atoms with van der Waals surface area (Å²) in [5, 5.41) is 11.9. The normalized spacial score (nSPS) is 22.9. The van der Waals surface area contributed by atoms with Crippen LogP contribution >= 0.6 is 0 Å². The molecule has 0 bridgehead atoms. The van der Waals surface area contributed by atoms with E-state index in [-0.39, 0.29) is 11.7 Å². The smallest absolute Gasteiger partial charge is 0.233 e. The summed E-state index contributed by atoms with van der Waals surface area (Å²) in [6.45, 7) is 4.93. The summed E-state index contributed by atoms with van der Waals surface area (Å²) in [5.74, 6) is -0.390. The minimum atomic E-state index is -0.470. The number of nitrogens with two attached hydrogens (primary N) is 1. The van der Waals surface area contributed by atoms with Crippen LogP contribution in [0, 0.1) is 5.92 Å². The number of amides is 1. The summed E-state index contributed by atoms with van der Waals surface area (Å²) in [4.78, 5) is 14.6. The van der Waals surface area contributed by atoms with Gasteiger partial charge in [-0.2, -0.15) is 0 Å². The number of rotatable bonds is 5. The number of hydrogen-bond donors (Lipinski definition) is 2. The van der Waals surface area contributed by atoms with Gasteiger partial charge in [0.25, 0.3) is 0 Å². The van der Waals surface area contributed by atoms with Crippen LogP contribution in [0.4, 0.5) is 0 Å². The number of likely N-dealkylation sites (tertiary alicyclic amines) is 1. The summed E-state index contributed by atoms with van der Waals surface area (Å²) >= 11 is 0. The molecule has 0 aromatic heterocycles. The summed E-state index contributed by atoms with van der Waals surface area (Å²) in [7, 11) is 0.